The molecule has 3 atom stereocenters. The predicted molar refractivity (Wildman–Crippen MR) is 77.8 cm³/mol. The molecule has 0 radical (unpaired) electrons. The van der Waals surface area contributed by atoms with E-state index >= 15 is 0 Å². The van der Waals surface area contributed by atoms with Crippen LogP contribution in [-0.2, 0) is 4.79 Å². The van der Waals surface area contributed by atoms with Gasteiger partial charge in [-0.25, -0.2) is 4.39 Å². The summed E-state index contributed by atoms with van der Waals surface area (Å²) in [5.74, 6) is -0.577. The Kier molecular flexibility index (Phi) is 4.76. The second-order valence-electron chi connectivity index (χ2n) is 5.73. The first-order valence-electron chi connectivity index (χ1n) is 7.32. The highest BCUT2D eigenvalue weighted by molar-refractivity contribution is 5.83. The second kappa shape index (κ2) is 6.35. The fourth-order valence-electron chi connectivity index (χ4n) is 2.94. The predicted octanol–water partition coefficient (Wildman–Crippen LogP) is 2.66. The third kappa shape index (κ3) is 3.18. The van der Waals surface area contributed by atoms with Gasteiger partial charge in [0, 0.05) is 18.6 Å². The molecule has 1 amide bonds. The smallest absolute Gasteiger partial charge is 0.230 e. The quantitative estimate of drug-likeness (QED) is 0.924. The summed E-state index contributed by atoms with van der Waals surface area (Å²) in [7, 11) is 0. The SMILES string of the molecule is CC(C(=O)N1CCCCC1C(C)N)c1cccc(F)c1. The number of nitrogens with zero attached hydrogens (tertiary/aromatic N) is 1. The molecule has 0 saturated carbocycles. The van der Waals surface area contributed by atoms with Gasteiger partial charge in [0.2, 0.25) is 5.91 Å². The van der Waals surface area contributed by atoms with Gasteiger partial charge in [0.05, 0.1) is 5.92 Å². The zero-order valence-electron chi connectivity index (χ0n) is 12.2. The Morgan fingerprint density at radius 1 is 1.40 bits per heavy atom. The lowest BCUT2D eigenvalue weighted by Gasteiger charge is -2.39. The normalized spacial score (nSPS) is 22.4. The zero-order chi connectivity index (χ0) is 14.7. The number of carbonyl (C=O) groups is 1. The number of piperidine rings is 1. The van der Waals surface area contributed by atoms with E-state index in [1.807, 2.05) is 18.7 Å². The van der Waals surface area contributed by atoms with Crippen molar-refractivity contribution in [2.24, 2.45) is 5.73 Å². The average Bonchev–Trinajstić information content (AvgIpc) is 2.45. The molecule has 1 aromatic carbocycles. The summed E-state index contributed by atoms with van der Waals surface area (Å²) in [6.45, 7) is 4.54. The first-order chi connectivity index (χ1) is 9.50. The van der Waals surface area contributed by atoms with Crippen molar-refractivity contribution in [2.75, 3.05) is 6.54 Å². The maximum absolute atomic E-state index is 13.3. The summed E-state index contributed by atoms with van der Waals surface area (Å²) in [5.41, 5.74) is 6.73. The van der Waals surface area contributed by atoms with Gasteiger partial charge < -0.3 is 10.6 Å². The maximum Gasteiger partial charge on any atom is 0.230 e. The number of rotatable bonds is 3. The van der Waals surface area contributed by atoms with E-state index in [0.717, 1.165) is 31.4 Å². The highest BCUT2D eigenvalue weighted by atomic mass is 19.1. The van der Waals surface area contributed by atoms with Crippen LogP contribution in [0.5, 0.6) is 0 Å². The van der Waals surface area contributed by atoms with Gasteiger partial charge in [-0.3, -0.25) is 4.79 Å². The first-order valence-corrected chi connectivity index (χ1v) is 7.32. The molecule has 0 bridgehead atoms. The minimum Gasteiger partial charge on any atom is -0.338 e. The minimum atomic E-state index is -0.329. The number of amides is 1. The van der Waals surface area contributed by atoms with E-state index in [-0.39, 0.29) is 29.7 Å². The number of hydrogen-bond donors (Lipinski definition) is 1. The fourth-order valence-corrected chi connectivity index (χ4v) is 2.94. The summed E-state index contributed by atoms with van der Waals surface area (Å²) in [6, 6.07) is 6.36. The van der Waals surface area contributed by atoms with Crippen molar-refractivity contribution in [3.63, 3.8) is 0 Å². The van der Waals surface area contributed by atoms with Gasteiger partial charge >= 0.3 is 0 Å². The van der Waals surface area contributed by atoms with E-state index in [1.165, 1.54) is 12.1 Å². The van der Waals surface area contributed by atoms with Crippen LogP contribution in [0.15, 0.2) is 24.3 Å². The van der Waals surface area contributed by atoms with Gasteiger partial charge in [0.15, 0.2) is 0 Å². The van der Waals surface area contributed by atoms with Crippen molar-refractivity contribution in [1.29, 1.82) is 0 Å². The molecule has 1 aliphatic rings. The molecule has 0 aliphatic carbocycles. The van der Waals surface area contributed by atoms with Crippen LogP contribution < -0.4 is 5.73 Å². The Morgan fingerprint density at radius 2 is 2.15 bits per heavy atom. The number of benzene rings is 1. The highest BCUT2D eigenvalue weighted by Crippen LogP contribution is 2.25. The van der Waals surface area contributed by atoms with Crippen molar-refractivity contribution in [3.8, 4) is 0 Å². The third-order valence-electron chi connectivity index (χ3n) is 4.16. The van der Waals surface area contributed by atoms with E-state index in [4.69, 9.17) is 5.73 Å². The van der Waals surface area contributed by atoms with Crippen LogP contribution in [-0.4, -0.2) is 29.4 Å². The largest absolute Gasteiger partial charge is 0.338 e. The summed E-state index contributed by atoms with van der Waals surface area (Å²) in [6.07, 6.45) is 3.09. The summed E-state index contributed by atoms with van der Waals surface area (Å²) >= 11 is 0. The highest BCUT2D eigenvalue weighted by Gasteiger charge is 2.32. The fraction of sp³-hybridized carbons (Fsp3) is 0.562. The van der Waals surface area contributed by atoms with Gasteiger partial charge in [-0.1, -0.05) is 12.1 Å². The van der Waals surface area contributed by atoms with Crippen LogP contribution in [0.3, 0.4) is 0 Å². The molecule has 3 nitrogen and oxygen atoms in total. The standard InChI is InChI=1S/C16H23FN2O/c1-11(13-6-5-7-14(17)10-13)16(20)19-9-4-3-8-15(19)12(2)18/h5-7,10-12,15H,3-4,8-9,18H2,1-2H3. The molecule has 1 aromatic rings. The molecule has 4 heteroatoms. The summed E-state index contributed by atoms with van der Waals surface area (Å²) in [5, 5.41) is 0. The van der Waals surface area contributed by atoms with Crippen molar-refractivity contribution in [1.82, 2.24) is 4.90 Å². The van der Waals surface area contributed by atoms with Gasteiger partial charge in [-0.15, -0.1) is 0 Å². The molecule has 0 aromatic heterocycles. The molecule has 0 spiro atoms. The van der Waals surface area contributed by atoms with Crippen LogP contribution in [0.25, 0.3) is 0 Å². The molecule has 3 unspecified atom stereocenters. The Hall–Kier alpha value is -1.42. The number of halogens is 1. The van der Waals surface area contributed by atoms with Gasteiger partial charge in [-0.2, -0.15) is 0 Å². The van der Waals surface area contributed by atoms with Crippen LogP contribution in [0.4, 0.5) is 4.39 Å². The zero-order valence-corrected chi connectivity index (χ0v) is 12.2. The second-order valence-corrected chi connectivity index (χ2v) is 5.73. The van der Waals surface area contributed by atoms with Crippen LogP contribution in [0.2, 0.25) is 0 Å². The summed E-state index contributed by atoms with van der Waals surface area (Å²) < 4.78 is 13.3. The molecule has 2 N–H and O–H groups in total. The summed E-state index contributed by atoms with van der Waals surface area (Å²) in [4.78, 5) is 14.6. The van der Waals surface area contributed by atoms with Gasteiger partial charge in [0.25, 0.3) is 0 Å². The van der Waals surface area contributed by atoms with Crippen LogP contribution in [0.1, 0.15) is 44.6 Å². The lowest BCUT2D eigenvalue weighted by atomic mass is 9.93. The Balaban J connectivity index is 2.16. The van der Waals surface area contributed by atoms with E-state index in [0.29, 0.717) is 0 Å². The molecule has 2 rings (SSSR count). The molecule has 1 saturated heterocycles. The van der Waals surface area contributed by atoms with Gasteiger partial charge in [0.1, 0.15) is 5.82 Å². The Morgan fingerprint density at radius 3 is 2.80 bits per heavy atom. The monoisotopic (exact) mass is 278 g/mol. The van der Waals surface area contributed by atoms with E-state index in [2.05, 4.69) is 0 Å². The third-order valence-corrected chi connectivity index (χ3v) is 4.16. The van der Waals surface area contributed by atoms with Crippen molar-refractivity contribution < 1.29 is 9.18 Å². The number of nitrogens with two attached hydrogens (primary N) is 1. The lowest BCUT2D eigenvalue weighted by molar-refractivity contribution is -0.136. The van der Waals surface area contributed by atoms with Crippen LogP contribution in [0, 0.1) is 5.82 Å². The molecule has 1 aliphatic heterocycles. The molecular formula is C16H23FN2O. The van der Waals surface area contributed by atoms with Crippen molar-refractivity contribution in [3.05, 3.63) is 35.6 Å². The number of hydrogen-bond acceptors (Lipinski definition) is 2. The molecule has 110 valence electrons. The van der Waals surface area contributed by atoms with E-state index in [9.17, 15) is 9.18 Å². The van der Waals surface area contributed by atoms with Crippen molar-refractivity contribution >= 4 is 5.91 Å². The van der Waals surface area contributed by atoms with Gasteiger partial charge in [-0.05, 0) is 50.8 Å². The lowest BCUT2D eigenvalue weighted by Crippen LogP contribution is -2.52. The topological polar surface area (TPSA) is 46.3 Å². The Bertz CT molecular complexity index is 475. The molecular weight excluding hydrogens is 255 g/mol. The van der Waals surface area contributed by atoms with E-state index < -0.39 is 0 Å². The number of likely N-dealkylation sites (tertiary alicyclic amines) is 1. The number of carbonyl (C=O) groups excluding carboxylic acids is 1. The first kappa shape index (κ1) is 15.0. The molecule has 1 heterocycles. The van der Waals surface area contributed by atoms with E-state index in [1.54, 1.807) is 12.1 Å². The minimum absolute atomic E-state index is 0.0287. The molecule has 1 fully saturated rings. The average molecular weight is 278 g/mol. The van der Waals surface area contributed by atoms with Crippen molar-refractivity contribution in [2.45, 2.75) is 51.1 Å². The molecule has 20 heavy (non-hydrogen) atoms. The Labute approximate surface area is 120 Å². The van der Waals surface area contributed by atoms with Crippen LogP contribution >= 0.6 is 0 Å². The maximum atomic E-state index is 13.3.